The van der Waals surface area contributed by atoms with Crippen LogP contribution in [0.2, 0.25) is 0 Å². The molecule has 0 saturated heterocycles. The van der Waals surface area contributed by atoms with Crippen molar-refractivity contribution >= 4 is 11.8 Å². The molecule has 9 heteroatoms. The van der Waals surface area contributed by atoms with Crippen LogP contribution in [0, 0.1) is 17.6 Å². The molecule has 152 valence electrons. The number of benzene rings is 2. The van der Waals surface area contributed by atoms with Crippen molar-refractivity contribution in [2.45, 2.75) is 16.3 Å². The van der Waals surface area contributed by atoms with Crippen LogP contribution in [-0.2, 0) is 10.9 Å². The Morgan fingerprint density at radius 1 is 1.07 bits per heavy atom. The van der Waals surface area contributed by atoms with E-state index in [0.717, 1.165) is 36.0 Å². The zero-order valence-electron chi connectivity index (χ0n) is 14.5. The standard InChI is InChI=1S/C19H17F5O3S/c20-14-5-6-15(21)17-16(14)18(11(10-27-17)9-26-8-7-25)28-13-3-1-12(2-4-13)19(22,23)24/h1-6,11,18,25H,7-10H2/t11?,18-/m0/s1. The van der Waals surface area contributed by atoms with Crippen molar-refractivity contribution in [2.24, 2.45) is 5.92 Å². The van der Waals surface area contributed by atoms with E-state index in [4.69, 9.17) is 14.6 Å². The van der Waals surface area contributed by atoms with Crippen LogP contribution in [0.1, 0.15) is 16.4 Å². The molecule has 1 N–H and O–H groups in total. The summed E-state index contributed by atoms with van der Waals surface area (Å²) in [6.07, 6.45) is -4.45. The third-order valence-electron chi connectivity index (χ3n) is 4.26. The molecular formula is C19H17F5O3S. The van der Waals surface area contributed by atoms with Crippen molar-refractivity contribution in [3.05, 3.63) is 59.2 Å². The summed E-state index contributed by atoms with van der Waals surface area (Å²) in [4.78, 5) is 0.474. The van der Waals surface area contributed by atoms with Crippen LogP contribution in [0.4, 0.5) is 22.0 Å². The second kappa shape index (κ2) is 8.67. The maximum atomic E-state index is 14.5. The molecule has 0 aromatic heterocycles. The van der Waals surface area contributed by atoms with Gasteiger partial charge in [0.2, 0.25) is 0 Å². The van der Waals surface area contributed by atoms with Crippen LogP contribution in [-0.4, -0.2) is 31.5 Å². The summed E-state index contributed by atoms with van der Waals surface area (Å²) in [5.41, 5.74) is -0.766. The van der Waals surface area contributed by atoms with Gasteiger partial charge in [-0.25, -0.2) is 8.78 Å². The number of aliphatic hydroxyl groups is 1. The highest BCUT2D eigenvalue weighted by molar-refractivity contribution is 7.99. The minimum absolute atomic E-state index is 0.0220. The third kappa shape index (κ3) is 4.59. The summed E-state index contributed by atoms with van der Waals surface area (Å²) in [5.74, 6) is -1.94. The Balaban J connectivity index is 1.90. The highest BCUT2D eigenvalue weighted by Crippen LogP contribution is 2.49. The average Bonchev–Trinajstić information content (AvgIpc) is 2.66. The Labute approximate surface area is 162 Å². The number of hydrogen-bond donors (Lipinski definition) is 1. The van der Waals surface area contributed by atoms with Gasteiger partial charge in [0.25, 0.3) is 0 Å². The SMILES string of the molecule is OCCOCC1COc2c(F)ccc(F)c2[C@H]1Sc1ccc(C(F)(F)F)cc1. The number of rotatable bonds is 6. The van der Waals surface area contributed by atoms with E-state index in [1.54, 1.807) is 0 Å². The lowest BCUT2D eigenvalue weighted by atomic mass is 9.96. The molecule has 1 unspecified atom stereocenters. The predicted molar refractivity (Wildman–Crippen MR) is 93.3 cm³/mol. The smallest absolute Gasteiger partial charge is 0.416 e. The van der Waals surface area contributed by atoms with Gasteiger partial charge >= 0.3 is 6.18 Å². The van der Waals surface area contributed by atoms with E-state index in [9.17, 15) is 22.0 Å². The molecule has 2 aromatic rings. The van der Waals surface area contributed by atoms with Crippen LogP contribution in [0.25, 0.3) is 0 Å². The quantitative estimate of drug-likeness (QED) is 0.537. The van der Waals surface area contributed by atoms with E-state index in [1.807, 2.05) is 0 Å². The highest BCUT2D eigenvalue weighted by Gasteiger charge is 2.36. The fraction of sp³-hybridized carbons (Fsp3) is 0.368. The van der Waals surface area contributed by atoms with Crippen molar-refractivity contribution in [1.29, 1.82) is 0 Å². The van der Waals surface area contributed by atoms with Gasteiger partial charge in [-0.3, -0.25) is 0 Å². The molecule has 3 rings (SSSR count). The van der Waals surface area contributed by atoms with Crippen molar-refractivity contribution in [3.63, 3.8) is 0 Å². The van der Waals surface area contributed by atoms with Gasteiger partial charge in [-0.05, 0) is 36.4 Å². The molecule has 0 saturated carbocycles. The molecule has 2 atom stereocenters. The summed E-state index contributed by atoms with van der Waals surface area (Å²) in [5, 5.41) is 8.23. The lowest BCUT2D eigenvalue weighted by Gasteiger charge is -2.33. The molecule has 0 amide bonds. The number of aliphatic hydroxyl groups excluding tert-OH is 1. The molecule has 0 radical (unpaired) electrons. The molecule has 0 bridgehead atoms. The number of thioether (sulfide) groups is 1. The molecule has 1 aliphatic rings. The van der Waals surface area contributed by atoms with Crippen molar-refractivity contribution in [1.82, 2.24) is 0 Å². The molecule has 0 spiro atoms. The van der Waals surface area contributed by atoms with E-state index in [2.05, 4.69) is 0 Å². The molecule has 1 aliphatic heterocycles. The normalized spacial score (nSPS) is 19.2. The van der Waals surface area contributed by atoms with Gasteiger partial charge in [-0.15, -0.1) is 11.8 Å². The van der Waals surface area contributed by atoms with Gasteiger partial charge in [0, 0.05) is 21.6 Å². The van der Waals surface area contributed by atoms with E-state index < -0.39 is 28.6 Å². The second-order valence-corrected chi connectivity index (χ2v) is 7.42. The fourth-order valence-electron chi connectivity index (χ4n) is 2.93. The summed E-state index contributed by atoms with van der Waals surface area (Å²) in [6, 6.07) is 6.45. The van der Waals surface area contributed by atoms with Gasteiger partial charge in [-0.2, -0.15) is 13.2 Å². The van der Waals surface area contributed by atoms with E-state index in [-0.39, 0.29) is 43.7 Å². The highest BCUT2D eigenvalue weighted by atomic mass is 32.2. The molecule has 0 aliphatic carbocycles. The number of halogens is 5. The van der Waals surface area contributed by atoms with Gasteiger partial charge in [0.1, 0.15) is 5.82 Å². The third-order valence-corrected chi connectivity index (χ3v) is 5.68. The maximum absolute atomic E-state index is 14.5. The van der Waals surface area contributed by atoms with Crippen LogP contribution in [0.5, 0.6) is 5.75 Å². The maximum Gasteiger partial charge on any atom is 0.416 e. The number of ether oxygens (including phenoxy) is 2. The second-order valence-electron chi connectivity index (χ2n) is 6.20. The Morgan fingerprint density at radius 2 is 1.75 bits per heavy atom. The molecule has 2 aromatic carbocycles. The van der Waals surface area contributed by atoms with Gasteiger partial charge in [0.05, 0.1) is 32.0 Å². The monoisotopic (exact) mass is 420 g/mol. The zero-order valence-corrected chi connectivity index (χ0v) is 15.3. The van der Waals surface area contributed by atoms with Crippen LogP contribution in [0.3, 0.4) is 0 Å². The first-order valence-electron chi connectivity index (χ1n) is 8.44. The lowest BCUT2D eigenvalue weighted by molar-refractivity contribution is -0.137. The summed E-state index contributed by atoms with van der Waals surface area (Å²) < 4.78 is 77.6. The number of alkyl halides is 3. The first kappa shape index (κ1) is 20.9. The Bertz CT molecular complexity index is 810. The molecule has 28 heavy (non-hydrogen) atoms. The van der Waals surface area contributed by atoms with E-state index in [0.29, 0.717) is 4.90 Å². The number of hydrogen-bond acceptors (Lipinski definition) is 4. The molecular weight excluding hydrogens is 403 g/mol. The molecule has 1 heterocycles. The zero-order chi connectivity index (χ0) is 20.3. The van der Waals surface area contributed by atoms with Crippen molar-refractivity contribution < 1.29 is 36.5 Å². The lowest BCUT2D eigenvalue weighted by Crippen LogP contribution is -2.30. The largest absolute Gasteiger partial charge is 0.490 e. The first-order chi connectivity index (χ1) is 13.3. The molecule has 3 nitrogen and oxygen atoms in total. The van der Waals surface area contributed by atoms with E-state index in [1.165, 1.54) is 12.1 Å². The van der Waals surface area contributed by atoms with Crippen molar-refractivity contribution in [3.8, 4) is 5.75 Å². The average molecular weight is 420 g/mol. The van der Waals surface area contributed by atoms with E-state index >= 15 is 0 Å². The summed E-state index contributed by atoms with van der Waals surface area (Å²) >= 11 is 1.12. The Hall–Kier alpha value is -1.84. The van der Waals surface area contributed by atoms with Gasteiger partial charge in [0.15, 0.2) is 11.6 Å². The van der Waals surface area contributed by atoms with Gasteiger partial charge in [-0.1, -0.05) is 0 Å². The van der Waals surface area contributed by atoms with Crippen LogP contribution < -0.4 is 4.74 Å². The fourth-order valence-corrected chi connectivity index (χ4v) is 4.21. The number of fused-ring (bicyclic) bond motifs is 1. The first-order valence-corrected chi connectivity index (χ1v) is 9.32. The minimum Gasteiger partial charge on any atom is -0.490 e. The van der Waals surface area contributed by atoms with Crippen LogP contribution >= 0.6 is 11.8 Å². The van der Waals surface area contributed by atoms with Gasteiger partial charge < -0.3 is 14.6 Å². The summed E-state index contributed by atoms with van der Waals surface area (Å²) in [7, 11) is 0. The minimum atomic E-state index is -4.45. The van der Waals surface area contributed by atoms with Crippen molar-refractivity contribution in [2.75, 3.05) is 26.4 Å². The Morgan fingerprint density at radius 3 is 2.39 bits per heavy atom. The molecule has 0 fully saturated rings. The van der Waals surface area contributed by atoms with Crippen LogP contribution in [0.15, 0.2) is 41.3 Å². The summed E-state index contributed by atoms with van der Waals surface area (Å²) in [6.45, 7) is 0.0574. The predicted octanol–water partition coefficient (Wildman–Crippen LogP) is 4.83. The topological polar surface area (TPSA) is 38.7 Å². The Kier molecular flexibility index (Phi) is 6.47.